The highest BCUT2D eigenvalue weighted by Gasteiger charge is 2.29. The summed E-state index contributed by atoms with van der Waals surface area (Å²) in [5.74, 6) is 0. The zero-order valence-corrected chi connectivity index (χ0v) is 13.4. The fraction of sp³-hybridized carbons (Fsp3) is 0.571. The van der Waals surface area contributed by atoms with Crippen LogP contribution in [0.3, 0.4) is 0 Å². The lowest BCUT2D eigenvalue weighted by Crippen LogP contribution is -2.27. The summed E-state index contributed by atoms with van der Waals surface area (Å²) < 4.78 is 27.4. The van der Waals surface area contributed by atoms with Gasteiger partial charge in [-0.05, 0) is 56.0 Å². The molecule has 0 spiro atoms. The minimum Gasteiger partial charge on any atom is -0.313 e. The minimum atomic E-state index is -3.47. The summed E-state index contributed by atoms with van der Waals surface area (Å²) in [7, 11) is -3.47. The van der Waals surface area contributed by atoms with Gasteiger partial charge in [-0.3, -0.25) is 0 Å². The fourth-order valence-electron chi connectivity index (χ4n) is 2.05. The van der Waals surface area contributed by atoms with E-state index in [0.717, 1.165) is 36.9 Å². The number of hydrogen-bond donors (Lipinski definition) is 2. The smallest absolute Gasteiger partial charge is 0.241 e. The highest BCUT2D eigenvalue weighted by atomic mass is 35.5. The molecule has 112 valence electrons. The van der Waals surface area contributed by atoms with Crippen LogP contribution >= 0.6 is 11.6 Å². The predicted molar refractivity (Wildman–Crippen MR) is 81.5 cm³/mol. The second kappa shape index (κ2) is 6.43. The van der Waals surface area contributed by atoms with Gasteiger partial charge >= 0.3 is 0 Å². The van der Waals surface area contributed by atoms with Crippen molar-refractivity contribution in [3.63, 3.8) is 0 Å². The van der Waals surface area contributed by atoms with Crippen LogP contribution in [0.1, 0.15) is 37.3 Å². The first-order valence-electron chi connectivity index (χ1n) is 6.96. The first-order chi connectivity index (χ1) is 9.44. The molecule has 1 fully saturated rings. The summed E-state index contributed by atoms with van der Waals surface area (Å²) in [6, 6.07) is 3.46. The Morgan fingerprint density at radius 1 is 1.35 bits per heavy atom. The highest BCUT2D eigenvalue weighted by molar-refractivity contribution is 7.89. The van der Waals surface area contributed by atoms with Crippen molar-refractivity contribution >= 4 is 21.6 Å². The number of benzene rings is 1. The molecule has 4 nitrogen and oxygen atoms in total. The van der Waals surface area contributed by atoms with Crippen LogP contribution in [0.15, 0.2) is 17.0 Å². The number of rotatable bonds is 7. The summed E-state index contributed by atoms with van der Waals surface area (Å²) in [5, 5.41) is 3.74. The minimum absolute atomic E-state index is 0.0973. The van der Waals surface area contributed by atoms with Gasteiger partial charge in [-0.15, -0.1) is 0 Å². The zero-order chi connectivity index (χ0) is 14.8. The summed E-state index contributed by atoms with van der Waals surface area (Å²) in [6.07, 6.45) is 2.88. The van der Waals surface area contributed by atoms with Crippen molar-refractivity contribution < 1.29 is 8.42 Å². The molecular formula is C14H21ClN2O2S. The number of halogens is 1. The maximum absolute atomic E-state index is 12.3. The van der Waals surface area contributed by atoms with Crippen LogP contribution in [-0.4, -0.2) is 21.0 Å². The summed E-state index contributed by atoms with van der Waals surface area (Å²) in [4.78, 5) is 0.296. The molecule has 0 radical (unpaired) electrons. The third-order valence-corrected chi connectivity index (χ3v) is 5.23. The SMILES string of the molecule is CCCNCc1cc(Cl)cc(S(=O)(=O)NC2CC2)c1C. The second-order valence-corrected chi connectivity index (χ2v) is 7.38. The van der Waals surface area contributed by atoms with Crippen LogP contribution in [0.4, 0.5) is 0 Å². The molecule has 0 aliphatic heterocycles. The largest absolute Gasteiger partial charge is 0.313 e. The van der Waals surface area contributed by atoms with Crippen LogP contribution in [-0.2, 0) is 16.6 Å². The Labute approximate surface area is 126 Å². The van der Waals surface area contributed by atoms with Crippen molar-refractivity contribution in [2.24, 2.45) is 0 Å². The van der Waals surface area contributed by atoms with Gasteiger partial charge in [0.2, 0.25) is 10.0 Å². The van der Waals surface area contributed by atoms with Crippen molar-refractivity contribution in [3.8, 4) is 0 Å². The van der Waals surface area contributed by atoms with Gasteiger partial charge in [0.25, 0.3) is 0 Å². The summed E-state index contributed by atoms with van der Waals surface area (Å²) in [6.45, 7) is 5.45. The number of hydrogen-bond acceptors (Lipinski definition) is 3. The van der Waals surface area contributed by atoms with Crippen molar-refractivity contribution in [3.05, 3.63) is 28.3 Å². The van der Waals surface area contributed by atoms with Gasteiger partial charge in [-0.1, -0.05) is 18.5 Å². The Morgan fingerprint density at radius 3 is 2.65 bits per heavy atom. The molecule has 1 aromatic rings. The van der Waals surface area contributed by atoms with Crippen LogP contribution in [0.5, 0.6) is 0 Å². The van der Waals surface area contributed by atoms with Crippen molar-refractivity contribution in [1.82, 2.24) is 10.0 Å². The number of nitrogens with one attached hydrogen (secondary N) is 2. The first kappa shape index (κ1) is 15.8. The maximum atomic E-state index is 12.3. The molecule has 0 aromatic heterocycles. The van der Waals surface area contributed by atoms with Gasteiger partial charge in [0.05, 0.1) is 4.90 Å². The molecule has 1 aliphatic rings. The Hall–Kier alpha value is -0.620. The lowest BCUT2D eigenvalue weighted by atomic mass is 10.1. The normalized spacial score (nSPS) is 15.6. The van der Waals surface area contributed by atoms with Crippen LogP contribution in [0.25, 0.3) is 0 Å². The monoisotopic (exact) mass is 316 g/mol. The van der Waals surface area contributed by atoms with Crippen LogP contribution in [0, 0.1) is 6.92 Å². The zero-order valence-electron chi connectivity index (χ0n) is 11.9. The van der Waals surface area contributed by atoms with Crippen LogP contribution < -0.4 is 10.0 Å². The molecule has 6 heteroatoms. The molecule has 1 saturated carbocycles. The molecule has 0 amide bonds. The van der Waals surface area contributed by atoms with Gasteiger partial charge in [-0.2, -0.15) is 0 Å². The fourth-order valence-corrected chi connectivity index (χ4v) is 3.98. The van der Waals surface area contributed by atoms with E-state index in [1.54, 1.807) is 0 Å². The van der Waals surface area contributed by atoms with E-state index in [2.05, 4.69) is 17.0 Å². The lowest BCUT2D eigenvalue weighted by Gasteiger charge is -2.14. The van der Waals surface area contributed by atoms with E-state index < -0.39 is 10.0 Å². The Kier molecular flexibility index (Phi) is 5.07. The topological polar surface area (TPSA) is 58.2 Å². The number of sulfonamides is 1. The first-order valence-corrected chi connectivity index (χ1v) is 8.82. The van der Waals surface area contributed by atoms with Gasteiger partial charge in [0.15, 0.2) is 0 Å². The van der Waals surface area contributed by atoms with E-state index in [1.165, 1.54) is 6.07 Å². The van der Waals surface area contributed by atoms with Crippen molar-refractivity contribution in [1.29, 1.82) is 0 Å². The molecule has 0 saturated heterocycles. The Balaban J connectivity index is 2.27. The third-order valence-electron chi connectivity index (χ3n) is 3.36. The van der Waals surface area contributed by atoms with Gasteiger partial charge in [0, 0.05) is 17.6 Å². The van der Waals surface area contributed by atoms with Crippen LogP contribution in [0.2, 0.25) is 5.02 Å². The van der Waals surface area contributed by atoms with E-state index in [-0.39, 0.29) is 6.04 Å². The summed E-state index contributed by atoms with van der Waals surface area (Å²) in [5.41, 5.74) is 1.70. The van der Waals surface area contributed by atoms with E-state index in [1.807, 2.05) is 13.0 Å². The molecule has 1 aliphatic carbocycles. The van der Waals surface area contributed by atoms with Gasteiger partial charge in [-0.25, -0.2) is 13.1 Å². The average Bonchev–Trinajstić information content (AvgIpc) is 3.16. The third kappa shape index (κ3) is 3.95. The van der Waals surface area contributed by atoms with Crippen molar-refractivity contribution in [2.45, 2.75) is 50.6 Å². The van der Waals surface area contributed by atoms with E-state index in [0.29, 0.717) is 16.5 Å². The Morgan fingerprint density at radius 2 is 2.05 bits per heavy atom. The average molecular weight is 317 g/mol. The summed E-state index contributed by atoms with van der Waals surface area (Å²) >= 11 is 6.07. The predicted octanol–water partition coefficient (Wildman–Crippen LogP) is 2.59. The van der Waals surface area contributed by atoms with E-state index >= 15 is 0 Å². The van der Waals surface area contributed by atoms with E-state index in [4.69, 9.17) is 11.6 Å². The highest BCUT2D eigenvalue weighted by Crippen LogP contribution is 2.27. The van der Waals surface area contributed by atoms with Crippen molar-refractivity contribution in [2.75, 3.05) is 6.54 Å². The van der Waals surface area contributed by atoms with Gasteiger partial charge in [0.1, 0.15) is 0 Å². The second-order valence-electron chi connectivity index (χ2n) is 5.26. The maximum Gasteiger partial charge on any atom is 0.241 e. The molecule has 2 rings (SSSR count). The molecule has 0 heterocycles. The van der Waals surface area contributed by atoms with Gasteiger partial charge < -0.3 is 5.32 Å². The lowest BCUT2D eigenvalue weighted by molar-refractivity contribution is 0.580. The quantitative estimate of drug-likeness (QED) is 0.760. The Bertz CT molecular complexity index is 583. The molecule has 0 atom stereocenters. The molecule has 0 bridgehead atoms. The molecule has 20 heavy (non-hydrogen) atoms. The van der Waals surface area contributed by atoms with E-state index in [9.17, 15) is 8.42 Å². The molecule has 2 N–H and O–H groups in total. The molecule has 0 unspecified atom stereocenters. The molecule has 1 aromatic carbocycles. The molecular weight excluding hydrogens is 296 g/mol. The standard InChI is InChI=1S/C14H21ClN2O2S/c1-3-6-16-9-11-7-12(15)8-14(10(11)2)20(18,19)17-13-4-5-13/h7-8,13,16-17H,3-6,9H2,1-2H3.